The van der Waals surface area contributed by atoms with Crippen molar-refractivity contribution >= 4 is 22.6 Å². The Morgan fingerprint density at radius 1 is 0.935 bits per heavy atom. The predicted molar refractivity (Wildman–Crippen MR) is 118 cm³/mol. The van der Waals surface area contributed by atoms with E-state index in [4.69, 9.17) is 14.2 Å². The summed E-state index contributed by atoms with van der Waals surface area (Å²) in [6.45, 7) is 0.496. The fourth-order valence-corrected chi connectivity index (χ4v) is 4.22. The molecule has 3 aromatic carbocycles. The molecular formula is C25H25NO5. The van der Waals surface area contributed by atoms with Gasteiger partial charge in [-0.15, -0.1) is 0 Å². The van der Waals surface area contributed by atoms with Crippen LogP contribution in [0.25, 0.3) is 10.8 Å². The van der Waals surface area contributed by atoms with Crippen LogP contribution in [-0.4, -0.2) is 44.7 Å². The topological polar surface area (TPSA) is 65.1 Å². The molecule has 0 saturated heterocycles. The molecule has 1 atom stereocenters. The molecule has 6 heteroatoms. The lowest BCUT2D eigenvalue weighted by atomic mass is 9.89. The molecule has 0 N–H and O–H groups in total. The first-order valence-electron chi connectivity index (χ1n) is 10.2. The molecular weight excluding hydrogens is 394 g/mol. The van der Waals surface area contributed by atoms with Crippen LogP contribution in [0.15, 0.2) is 54.6 Å². The van der Waals surface area contributed by atoms with Gasteiger partial charge in [-0.2, -0.15) is 0 Å². The molecule has 1 heterocycles. The Hall–Kier alpha value is -3.54. The van der Waals surface area contributed by atoms with E-state index in [0.29, 0.717) is 30.0 Å². The Kier molecular flexibility index (Phi) is 5.80. The molecule has 1 aliphatic heterocycles. The van der Waals surface area contributed by atoms with Crippen LogP contribution in [0, 0.1) is 0 Å². The van der Waals surface area contributed by atoms with Gasteiger partial charge in [0.15, 0.2) is 11.5 Å². The number of ether oxygens (including phenoxy) is 3. The number of hydrogen-bond donors (Lipinski definition) is 0. The molecule has 0 aromatic heterocycles. The second-order valence-electron chi connectivity index (χ2n) is 7.51. The van der Waals surface area contributed by atoms with Crippen molar-refractivity contribution in [2.24, 2.45) is 0 Å². The van der Waals surface area contributed by atoms with Gasteiger partial charge in [0.1, 0.15) is 0 Å². The zero-order valence-electron chi connectivity index (χ0n) is 17.9. The van der Waals surface area contributed by atoms with Crippen LogP contribution in [0.3, 0.4) is 0 Å². The van der Waals surface area contributed by atoms with Gasteiger partial charge in [-0.05, 0) is 52.6 Å². The minimum Gasteiger partial charge on any atom is -0.493 e. The molecule has 0 fully saturated rings. The van der Waals surface area contributed by atoms with Crippen LogP contribution in [-0.2, 0) is 16.0 Å². The van der Waals surface area contributed by atoms with E-state index in [2.05, 4.69) is 0 Å². The third kappa shape index (κ3) is 3.93. The molecule has 31 heavy (non-hydrogen) atoms. The normalized spacial score (nSPS) is 15.3. The molecule has 1 aliphatic rings. The highest BCUT2D eigenvalue weighted by Crippen LogP contribution is 2.40. The number of amides is 1. The van der Waals surface area contributed by atoms with E-state index in [9.17, 15) is 9.59 Å². The van der Waals surface area contributed by atoms with E-state index in [1.54, 1.807) is 19.1 Å². The fraction of sp³-hybridized carbons (Fsp3) is 0.280. The summed E-state index contributed by atoms with van der Waals surface area (Å²) in [6, 6.07) is 17.0. The zero-order chi connectivity index (χ0) is 22.0. The number of carbonyl (C=O) groups is 2. The number of rotatable bonds is 5. The van der Waals surface area contributed by atoms with E-state index in [1.165, 1.54) is 7.11 Å². The second kappa shape index (κ2) is 8.68. The summed E-state index contributed by atoms with van der Waals surface area (Å²) in [6.07, 6.45) is 0.727. The van der Waals surface area contributed by atoms with Crippen LogP contribution in [0.5, 0.6) is 11.5 Å². The van der Waals surface area contributed by atoms with Gasteiger partial charge in [0.05, 0.1) is 33.8 Å². The largest absolute Gasteiger partial charge is 0.493 e. The van der Waals surface area contributed by atoms with Crippen molar-refractivity contribution in [1.29, 1.82) is 0 Å². The van der Waals surface area contributed by atoms with Crippen molar-refractivity contribution in [3.05, 3.63) is 71.3 Å². The molecule has 0 aliphatic carbocycles. The maximum Gasteiger partial charge on any atom is 0.307 e. The third-order valence-corrected chi connectivity index (χ3v) is 5.85. The average molecular weight is 419 g/mol. The van der Waals surface area contributed by atoms with E-state index in [-0.39, 0.29) is 18.3 Å². The van der Waals surface area contributed by atoms with Crippen molar-refractivity contribution in [1.82, 2.24) is 4.90 Å². The maximum absolute atomic E-state index is 13.5. The molecule has 0 spiro atoms. The first kappa shape index (κ1) is 20.7. The molecule has 4 rings (SSSR count). The highest BCUT2D eigenvalue weighted by Gasteiger charge is 2.34. The molecule has 0 unspecified atom stereocenters. The van der Waals surface area contributed by atoms with Gasteiger partial charge in [0.2, 0.25) is 0 Å². The van der Waals surface area contributed by atoms with Crippen LogP contribution < -0.4 is 9.47 Å². The van der Waals surface area contributed by atoms with Crippen LogP contribution >= 0.6 is 0 Å². The minimum atomic E-state index is -0.449. The van der Waals surface area contributed by atoms with Gasteiger partial charge in [-0.3, -0.25) is 9.59 Å². The molecule has 0 saturated carbocycles. The fourth-order valence-electron chi connectivity index (χ4n) is 4.22. The van der Waals surface area contributed by atoms with Gasteiger partial charge in [-0.25, -0.2) is 0 Å². The predicted octanol–water partition coefficient (Wildman–Crippen LogP) is 4.16. The van der Waals surface area contributed by atoms with E-state index < -0.39 is 6.04 Å². The number of methoxy groups -OCH3 is 3. The summed E-state index contributed by atoms with van der Waals surface area (Å²) in [4.78, 5) is 27.5. The first-order valence-corrected chi connectivity index (χ1v) is 10.2. The molecule has 160 valence electrons. The standard InChI is InChI=1S/C25H25NO5/c1-29-22-13-18-10-11-26(21(15-24(27)31-3)20(18)14-23(22)30-2)25(28)19-9-8-16-6-4-5-7-17(16)12-19/h4-9,12-14,21H,10-11,15H2,1-3H3/t21-/m1/s1. The van der Waals surface area contributed by atoms with Crippen molar-refractivity contribution in [3.8, 4) is 11.5 Å². The molecule has 1 amide bonds. The van der Waals surface area contributed by atoms with Gasteiger partial charge in [-0.1, -0.05) is 30.3 Å². The summed E-state index contributed by atoms with van der Waals surface area (Å²) in [5.74, 6) is 0.715. The third-order valence-electron chi connectivity index (χ3n) is 5.85. The highest BCUT2D eigenvalue weighted by molar-refractivity contribution is 5.99. The van der Waals surface area contributed by atoms with Gasteiger partial charge >= 0.3 is 5.97 Å². The number of fused-ring (bicyclic) bond motifs is 2. The monoisotopic (exact) mass is 419 g/mol. The summed E-state index contributed by atoms with van der Waals surface area (Å²) in [5.41, 5.74) is 2.51. The number of benzene rings is 3. The number of esters is 1. The van der Waals surface area contributed by atoms with Crippen LogP contribution in [0.2, 0.25) is 0 Å². The highest BCUT2D eigenvalue weighted by atomic mass is 16.5. The maximum atomic E-state index is 13.5. The molecule has 0 bridgehead atoms. The van der Waals surface area contributed by atoms with E-state index >= 15 is 0 Å². The Morgan fingerprint density at radius 3 is 2.35 bits per heavy atom. The minimum absolute atomic E-state index is 0.0678. The number of carbonyl (C=O) groups excluding carboxylic acids is 2. The van der Waals surface area contributed by atoms with Crippen LogP contribution in [0.4, 0.5) is 0 Å². The lowest BCUT2D eigenvalue weighted by Crippen LogP contribution is -2.41. The summed E-state index contributed by atoms with van der Waals surface area (Å²) in [7, 11) is 4.52. The van der Waals surface area contributed by atoms with E-state index in [1.807, 2.05) is 54.6 Å². The number of hydrogen-bond acceptors (Lipinski definition) is 5. The Balaban J connectivity index is 1.75. The summed E-state index contributed by atoms with van der Waals surface area (Å²) >= 11 is 0. The number of nitrogens with zero attached hydrogens (tertiary/aromatic N) is 1. The summed E-state index contributed by atoms with van der Waals surface area (Å²) in [5, 5.41) is 2.08. The molecule has 0 radical (unpaired) electrons. The van der Waals surface area contributed by atoms with E-state index in [0.717, 1.165) is 21.9 Å². The van der Waals surface area contributed by atoms with Crippen LogP contribution in [0.1, 0.15) is 33.9 Å². The van der Waals surface area contributed by atoms with Gasteiger partial charge in [0, 0.05) is 12.1 Å². The Labute approximate surface area is 181 Å². The quantitative estimate of drug-likeness (QED) is 0.581. The average Bonchev–Trinajstić information content (AvgIpc) is 2.82. The SMILES string of the molecule is COC(=O)C[C@@H]1c2cc(OC)c(OC)cc2CCN1C(=O)c1ccc2ccccc2c1. The smallest absolute Gasteiger partial charge is 0.307 e. The lowest BCUT2D eigenvalue weighted by molar-refractivity contribution is -0.141. The van der Waals surface area contributed by atoms with Gasteiger partial charge < -0.3 is 19.1 Å². The lowest BCUT2D eigenvalue weighted by Gasteiger charge is -2.37. The Morgan fingerprint density at radius 2 is 1.65 bits per heavy atom. The van der Waals surface area contributed by atoms with Crippen molar-refractivity contribution < 1.29 is 23.8 Å². The second-order valence-corrected chi connectivity index (χ2v) is 7.51. The molecule has 3 aromatic rings. The van der Waals surface area contributed by atoms with Crippen molar-refractivity contribution in [2.75, 3.05) is 27.9 Å². The van der Waals surface area contributed by atoms with Crippen molar-refractivity contribution in [2.45, 2.75) is 18.9 Å². The van der Waals surface area contributed by atoms with Gasteiger partial charge in [0.25, 0.3) is 5.91 Å². The molecule has 6 nitrogen and oxygen atoms in total. The van der Waals surface area contributed by atoms with Crippen molar-refractivity contribution in [3.63, 3.8) is 0 Å². The Bertz CT molecular complexity index is 1140. The zero-order valence-corrected chi connectivity index (χ0v) is 17.9. The summed E-state index contributed by atoms with van der Waals surface area (Å²) < 4.78 is 15.8. The first-order chi connectivity index (χ1) is 15.0.